The van der Waals surface area contributed by atoms with E-state index >= 15 is 0 Å². The molecule has 1 aliphatic heterocycles. The molecule has 0 unspecified atom stereocenters. The molecule has 1 aromatic carbocycles. The lowest BCUT2D eigenvalue weighted by molar-refractivity contribution is -0.141. The predicted octanol–water partition coefficient (Wildman–Crippen LogP) is 2.20. The van der Waals surface area contributed by atoms with E-state index in [1.807, 2.05) is 24.3 Å². The molecule has 1 N–H and O–H groups in total. The normalized spacial score (nSPS) is 17.8. The van der Waals surface area contributed by atoms with Gasteiger partial charge < -0.3 is 14.7 Å². The standard InChI is InChI=1S/C17H23NO4/c1-12(2)11-22-15-5-3-13(4-6-15)9-16(19)18-8-7-14(10-18)17(20)21/h3-6,12,14H,7-11H2,1-2H3,(H,20,21)/t14-/m0/s1. The van der Waals surface area contributed by atoms with Gasteiger partial charge in [0.05, 0.1) is 18.9 Å². The van der Waals surface area contributed by atoms with Gasteiger partial charge in [-0.2, -0.15) is 0 Å². The second kappa shape index (κ2) is 7.29. The number of likely N-dealkylation sites (tertiary alicyclic amines) is 1. The average Bonchev–Trinajstić information content (AvgIpc) is 2.96. The molecule has 0 radical (unpaired) electrons. The Morgan fingerprint density at radius 2 is 2.00 bits per heavy atom. The van der Waals surface area contributed by atoms with E-state index in [4.69, 9.17) is 9.84 Å². The zero-order valence-corrected chi connectivity index (χ0v) is 13.1. The number of ether oxygens (including phenoxy) is 1. The molecule has 1 aliphatic rings. The lowest BCUT2D eigenvalue weighted by Crippen LogP contribution is -2.31. The zero-order valence-electron chi connectivity index (χ0n) is 13.1. The van der Waals surface area contributed by atoms with Crippen LogP contribution >= 0.6 is 0 Å². The van der Waals surface area contributed by atoms with Crippen LogP contribution in [-0.2, 0) is 16.0 Å². The molecule has 5 heteroatoms. The number of carboxylic acids is 1. The predicted molar refractivity (Wildman–Crippen MR) is 82.8 cm³/mol. The number of carboxylic acid groups (broad SMARTS) is 1. The smallest absolute Gasteiger partial charge is 0.308 e. The van der Waals surface area contributed by atoms with Crippen molar-refractivity contribution in [1.82, 2.24) is 4.90 Å². The van der Waals surface area contributed by atoms with Crippen LogP contribution < -0.4 is 4.74 Å². The largest absolute Gasteiger partial charge is 0.493 e. The van der Waals surface area contributed by atoms with Crippen molar-refractivity contribution in [3.8, 4) is 5.75 Å². The summed E-state index contributed by atoms with van der Waals surface area (Å²) in [4.78, 5) is 24.7. The van der Waals surface area contributed by atoms with Crippen molar-refractivity contribution in [3.05, 3.63) is 29.8 Å². The van der Waals surface area contributed by atoms with Crippen LogP contribution in [0.2, 0.25) is 0 Å². The first-order valence-corrected chi connectivity index (χ1v) is 7.68. The number of amides is 1. The SMILES string of the molecule is CC(C)COc1ccc(CC(=O)N2CC[C@H](C(=O)O)C2)cc1. The number of benzene rings is 1. The molecular formula is C17H23NO4. The van der Waals surface area contributed by atoms with Crippen LogP contribution in [0.1, 0.15) is 25.8 Å². The molecule has 1 saturated heterocycles. The summed E-state index contributed by atoms with van der Waals surface area (Å²) in [6.45, 7) is 5.71. The Morgan fingerprint density at radius 3 is 2.55 bits per heavy atom. The van der Waals surface area contributed by atoms with Crippen molar-refractivity contribution >= 4 is 11.9 Å². The number of aliphatic carboxylic acids is 1. The summed E-state index contributed by atoms with van der Waals surface area (Å²) >= 11 is 0. The van der Waals surface area contributed by atoms with Gasteiger partial charge in [0.2, 0.25) is 5.91 Å². The van der Waals surface area contributed by atoms with Crippen molar-refractivity contribution < 1.29 is 19.4 Å². The second-order valence-corrected chi connectivity index (χ2v) is 6.19. The van der Waals surface area contributed by atoms with Gasteiger partial charge in [0.1, 0.15) is 5.75 Å². The molecule has 22 heavy (non-hydrogen) atoms. The lowest BCUT2D eigenvalue weighted by atomic mass is 10.1. The van der Waals surface area contributed by atoms with Crippen LogP contribution in [-0.4, -0.2) is 41.6 Å². The first-order chi connectivity index (χ1) is 10.5. The number of carbonyl (C=O) groups excluding carboxylic acids is 1. The van der Waals surface area contributed by atoms with Gasteiger partial charge in [-0.25, -0.2) is 0 Å². The van der Waals surface area contributed by atoms with Gasteiger partial charge in [0.25, 0.3) is 0 Å². The van der Waals surface area contributed by atoms with Crippen LogP contribution in [0.3, 0.4) is 0 Å². The molecule has 1 heterocycles. The van der Waals surface area contributed by atoms with E-state index < -0.39 is 11.9 Å². The van der Waals surface area contributed by atoms with Gasteiger partial charge in [-0.15, -0.1) is 0 Å². The van der Waals surface area contributed by atoms with Crippen LogP contribution in [0.5, 0.6) is 5.75 Å². The third-order valence-corrected chi connectivity index (χ3v) is 3.75. The lowest BCUT2D eigenvalue weighted by Gasteiger charge is -2.16. The molecule has 0 spiro atoms. The highest BCUT2D eigenvalue weighted by Crippen LogP contribution is 2.19. The third-order valence-electron chi connectivity index (χ3n) is 3.75. The third kappa shape index (κ3) is 4.48. The van der Waals surface area contributed by atoms with Gasteiger partial charge in [-0.05, 0) is 30.0 Å². The van der Waals surface area contributed by atoms with Crippen molar-refractivity contribution in [2.24, 2.45) is 11.8 Å². The molecule has 0 aliphatic carbocycles. The Hall–Kier alpha value is -2.04. The molecule has 0 aromatic heterocycles. The summed E-state index contributed by atoms with van der Waals surface area (Å²) in [7, 11) is 0. The monoisotopic (exact) mass is 305 g/mol. The van der Waals surface area contributed by atoms with Gasteiger partial charge in [-0.1, -0.05) is 26.0 Å². The van der Waals surface area contributed by atoms with E-state index in [9.17, 15) is 9.59 Å². The molecule has 1 aromatic rings. The molecule has 0 saturated carbocycles. The Morgan fingerprint density at radius 1 is 1.32 bits per heavy atom. The van der Waals surface area contributed by atoms with Crippen LogP contribution in [0.25, 0.3) is 0 Å². The molecule has 0 bridgehead atoms. The number of hydrogen-bond donors (Lipinski definition) is 1. The summed E-state index contributed by atoms with van der Waals surface area (Å²) in [5.74, 6) is 0.0212. The molecule has 1 amide bonds. The fourth-order valence-electron chi connectivity index (χ4n) is 2.44. The highest BCUT2D eigenvalue weighted by atomic mass is 16.5. The maximum absolute atomic E-state index is 12.2. The minimum absolute atomic E-state index is 0.0143. The summed E-state index contributed by atoms with van der Waals surface area (Å²) in [5.41, 5.74) is 0.917. The second-order valence-electron chi connectivity index (χ2n) is 6.19. The Bertz CT molecular complexity index is 524. The fourth-order valence-corrected chi connectivity index (χ4v) is 2.44. The van der Waals surface area contributed by atoms with E-state index in [0.29, 0.717) is 38.5 Å². The summed E-state index contributed by atoms with van der Waals surface area (Å²) in [6.07, 6.45) is 0.847. The minimum atomic E-state index is -0.818. The van der Waals surface area contributed by atoms with Crippen LogP contribution in [0.15, 0.2) is 24.3 Å². The molecule has 2 rings (SSSR count). The van der Waals surface area contributed by atoms with Crippen LogP contribution in [0, 0.1) is 11.8 Å². The van der Waals surface area contributed by atoms with Gasteiger partial charge in [0, 0.05) is 13.1 Å². The highest BCUT2D eigenvalue weighted by Gasteiger charge is 2.30. The Kier molecular flexibility index (Phi) is 5.41. The fraction of sp³-hybridized carbons (Fsp3) is 0.529. The van der Waals surface area contributed by atoms with Crippen molar-refractivity contribution in [2.75, 3.05) is 19.7 Å². The van der Waals surface area contributed by atoms with E-state index in [1.165, 1.54) is 0 Å². The average molecular weight is 305 g/mol. The summed E-state index contributed by atoms with van der Waals surface area (Å²) < 4.78 is 5.61. The number of nitrogens with zero attached hydrogens (tertiary/aromatic N) is 1. The van der Waals surface area contributed by atoms with Crippen LogP contribution in [0.4, 0.5) is 0 Å². The van der Waals surface area contributed by atoms with Gasteiger partial charge in [-0.3, -0.25) is 9.59 Å². The molecular weight excluding hydrogens is 282 g/mol. The van der Waals surface area contributed by atoms with E-state index in [1.54, 1.807) is 4.90 Å². The minimum Gasteiger partial charge on any atom is -0.493 e. The van der Waals surface area contributed by atoms with E-state index in [-0.39, 0.29) is 5.91 Å². The van der Waals surface area contributed by atoms with Gasteiger partial charge >= 0.3 is 5.97 Å². The van der Waals surface area contributed by atoms with Crippen molar-refractivity contribution in [3.63, 3.8) is 0 Å². The van der Waals surface area contributed by atoms with Crippen molar-refractivity contribution in [2.45, 2.75) is 26.7 Å². The zero-order chi connectivity index (χ0) is 16.1. The Labute approximate surface area is 130 Å². The number of carbonyl (C=O) groups is 2. The molecule has 1 atom stereocenters. The first kappa shape index (κ1) is 16.3. The topological polar surface area (TPSA) is 66.8 Å². The molecule has 120 valence electrons. The van der Waals surface area contributed by atoms with E-state index in [0.717, 1.165) is 11.3 Å². The summed E-state index contributed by atoms with van der Waals surface area (Å²) in [5, 5.41) is 8.97. The van der Waals surface area contributed by atoms with Gasteiger partial charge in [0.15, 0.2) is 0 Å². The van der Waals surface area contributed by atoms with Crippen molar-refractivity contribution in [1.29, 1.82) is 0 Å². The maximum Gasteiger partial charge on any atom is 0.308 e. The Balaban J connectivity index is 1.85. The number of rotatable bonds is 6. The summed E-state index contributed by atoms with van der Waals surface area (Å²) in [6, 6.07) is 7.51. The molecule has 1 fully saturated rings. The molecule has 5 nitrogen and oxygen atoms in total. The maximum atomic E-state index is 12.2. The van der Waals surface area contributed by atoms with E-state index in [2.05, 4.69) is 13.8 Å². The quantitative estimate of drug-likeness (QED) is 0.875. The first-order valence-electron chi connectivity index (χ1n) is 7.68. The number of hydrogen-bond acceptors (Lipinski definition) is 3. The highest BCUT2D eigenvalue weighted by molar-refractivity contribution is 5.80.